The summed E-state index contributed by atoms with van der Waals surface area (Å²) in [4.78, 5) is 11.0. The molecule has 0 amide bonds. The Morgan fingerprint density at radius 2 is 1.76 bits per heavy atom. The fraction of sp³-hybridized carbons (Fsp3) is 0.0714. The molecule has 2 aromatic rings. The minimum absolute atomic E-state index is 0.0467. The number of carboxylic acids is 1. The predicted molar refractivity (Wildman–Crippen MR) is 72.6 cm³/mol. The van der Waals surface area contributed by atoms with E-state index in [1.807, 2.05) is 0 Å². The Hall–Kier alpha value is -2.02. The van der Waals surface area contributed by atoms with Crippen molar-refractivity contribution in [2.24, 2.45) is 0 Å². The number of para-hydroxylation sites is 1. The van der Waals surface area contributed by atoms with Gasteiger partial charge in [0.25, 0.3) is 0 Å². The molecule has 0 saturated heterocycles. The molecule has 0 aliphatic rings. The molecule has 1 N–H and O–H groups in total. The second-order valence-corrected chi connectivity index (χ2v) is 4.90. The van der Waals surface area contributed by atoms with Crippen molar-refractivity contribution < 1.29 is 27.8 Å². The van der Waals surface area contributed by atoms with E-state index in [0.29, 0.717) is 0 Å². The number of benzene rings is 2. The summed E-state index contributed by atoms with van der Waals surface area (Å²) < 4.78 is 43.1. The minimum Gasteiger partial charge on any atom is -0.478 e. The monoisotopic (exact) mass is 360 g/mol. The van der Waals surface area contributed by atoms with Crippen LogP contribution in [0.3, 0.4) is 0 Å². The molecule has 0 aliphatic carbocycles. The highest BCUT2D eigenvalue weighted by atomic mass is 79.9. The van der Waals surface area contributed by atoms with Gasteiger partial charge in [-0.05, 0) is 46.3 Å². The Morgan fingerprint density at radius 1 is 1.10 bits per heavy atom. The Bertz CT molecular complexity index is 683. The third-order valence-electron chi connectivity index (χ3n) is 2.60. The SMILES string of the molecule is O=C(O)c1ccccc1Oc1ccc(C(F)(F)F)cc1Br. The first-order chi connectivity index (χ1) is 9.79. The van der Waals surface area contributed by atoms with Crippen molar-refractivity contribution in [3.05, 3.63) is 58.1 Å². The predicted octanol–water partition coefficient (Wildman–Crippen LogP) is 4.96. The van der Waals surface area contributed by atoms with E-state index in [2.05, 4.69) is 15.9 Å². The van der Waals surface area contributed by atoms with E-state index in [1.165, 1.54) is 18.2 Å². The van der Waals surface area contributed by atoms with Crippen LogP contribution in [0.2, 0.25) is 0 Å². The molecule has 0 saturated carbocycles. The first-order valence-electron chi connectivity index (χ1n) is 5.66. The van der Waals surface area contributed by atoms with Crippen LogP contribution in [-0.4, -0.2) is 11.1 Å². The van der Waals surface area contributed by atoms with Crippen molar-refractivity contribution in [2.45, 2.75) is 6.18 Å². The van der Waals surface area contributed by atoms with Gasteiger partial charge < -0.3 is 9.84 Å². The summed E-state index contributed by atoms with van der Waals surface area (Å²) in [5.74, 6) is -1.05. The van der Waals surface area contributed by atoms with E-state index in [0.717, 1.165) is 18.2 Å². The Morgan fingerprint density at radius 3 is 2.33 bits per heavy atom. The molecule has 0 aromatic heterocycles. The van der Waals surface area contributed by atoms with Gasteiger partial charge in [-0.3, -0.25) is 0 Å². The number of aromatic carboxylic acids is 1. The lowest BCUT2D eigenvalue weighted by molar-refractivity contribution is -0.137. The summed E-state index contributed by atoms with van der Waals surface area (Å²) in [6, 6.07) is 8.73. The lowest BCUT2D eigenvalue weighted by Gasteiger charge is -2.12. The largest absolute Gasteiger partial charge is 0.478 e. The average molecular weight is 361 g/mol. The van der Waals surface area contributed by atoms with E-state index in [9.17, 15) is 18.0 Å². The van der Waals surface area contributed by atoms with E-state index < -0.39 is 17.7 Å². The number of hydrogen-bond donors (Lipinski definition) is 1. The zero-order valence-electron chi connectivity index (χ0n) is 10.3. The number of rotatable bonds is 3. The molecule has 0 aliphatic heterocycles. The van der Waals surface area contributed by atoms with Gasteiger partial charge in [0.1, 0.15) is 17.1 Å². The third kappa shape index (κ3) is 3.55. The average Bonchev–Trinajstić information content (AvgIpc) is 2.40. The molecule has 0 atom stereocenters. The summed E-state index contributed by atoms with van der Waals surface area (Å²) in [6.45, 7) is 0. The summed E-state index contributed by atoms with van der Waals surface area (Å²) in [5.41, 5.74) is -0.905. The Balaban J connectivity index is 2.35. The number of alkyl halides is 3. The molecule has 0 radical (unpaired) electrons. The topological polar surface area (TPSA) is 46.5 Å². The standard InChI is InChI=1S/C14H8BrF3O3/c15-10-7-8(14(16,17)18)5-6-12(10)21-11-4-2-1-3-9(11)13(19)20/h1-7H,(H,19,20). The number of hydrogen-bond acceptors (Lipinski definition) is 2. The first kappa shape index (κ1) is 15.4. The van der Waals surface area contributed by atoms with Crippen LogP contribution < -0.4 is 4.74 Å². The molecular formula is C14H8BrF3O3. The van der Waals surface area contributed by atoms with Crippen molar-refractivity contribution in [1.82, 2.24) is 0 Å². The van der Waals surface area contributed by atoms with Crippen molar-refractivity contribution in [3.63, 3.8) is 0 Å². The van der Waals surface area contributed by atoms with Crippen LogP contribution in [0, 0.1) is 0 Å². The Labute approximate surface area is 126 Å². The number of halogens is 4. The van der Waals surface area contributed by atoms with Crippen molar-refractivity contribution in [1.29, 1.82) is 0 Å². The van der Waals surface area contributed by atoms with Crippen LogP contribution in [0.25, 0.3) is 0 Å². The van der Waals surface area contributed by atoms with E-state index in [1.54, 1.807) is 6.07 Å². The van der Waals surface area contributed by atoms with Gasteiger partial charge in [0.2, 0.25) is 0 Å². The van der Waals surface area contributed by atoms with Gasteiger partial charge in [-0.2, -0.15) is 13.2 Å². The molecule has 0 unspecified atom stereocenters. The second kappa shape index (κ2) is 5.77. The minimum atomic E-state index is -4.46. The molecule has 0 spiro atoms. The highest BCUT2D eigenvalue weighted by Crippen LogP contribution is 2.37. The highest BCUT2D eigenvalue weighted by Gasteiger charge is 2.31. The molecular weight excluding hydrogens is 353 g/mol. The van der Waals surface area contributed by atoms with E-state index >= 15 is 0 Å². The van der Waals surface area contributed by atoms with Gasteiger partial charge in [-0.1, -0.05) is 12.1 Å². The van der Waals surface area contributed by atoms with Crippen LogP contribution >= 0.6 is 15.9 Å². The Kier molecular flexibility index (Phi) is 4.22. The summed E-state index contributed by atoms with van der Waals surface area (Å²) in [5, 5.41) is 9.02. The molecule has 2 rings (SSSR count). The fourth-order valence-corrected chi connectivity index (χ4v) is 2.07. The number of carbonyl (C=O) groups is 1. The van der Waals surface area contributed by atoms with Crippen molar-refractivity contribution in [2.75, 3.05) is 0 Å². The van der Waals surface area contributed by atoms with Crippen LogP contribution in [-0.2, 0) is 6.18 Å². The highest BCUT2D eigenvalue weighted by molar-refractivity contribution is 9.10. The van der Waals surface area contributed by atoms with Crippen LogP contribution in [0.1, 0.15) is 15.9 Å². The van der Waals surface area contributed by atoms with Crippen molar-refractivity contribution in [3.8, 4) is 11.5 Å². The molecule has 21 heavy (non-hydrogen) atoms. The second-order valence-electron chi connectivity index (χ2n) is 4.05. The lowest BCUT2D eigenvalue weighted by Crippen LogP contribution is -2.05. The van der Waals surface area contributed by atoms with E-state index in [4.69, 9.17) is 9.84 Å². The summed E-state index contributed by atoms with van der Waals surface area (Å²) in [7, 11) is 0. The van der Waals surface area contributed by atoms with Crippen LogP contribution in [0.5, 0.6) is 11.5 Å². The lowest BCUT2D eigenvalue weighted by atomic mass is 10.2. The summed E-state index contributed by atoms with van der Waals surface area (Å²) >= 11 is 2.99. The van der Waals surface area contributed by atoms with Crippen molar-refractivity contribution >= 4 is 21.9 Å². The zero-order valence-corrected chi connectivity index (χ0v) is 11.9. The van der Waals surface area contributed by atoms with Crippen LogP contribution in [0.15, 0.2) is 46.9 Å². The smallest absolute Gasteiger partial charge is 0.416 e. The molecule has 0 fully saturated rings. The van der Waals surface area contributed by atoms with Gasteiger partial charge in [-0.15, -0.1) is 0 Å². The maximum Gasteiger partial charge on any atom is 0.416 e. The number of carboxylic acid groups (broad SMARTS) is 1. The number of ether oxygens (including phenoxy) is 1. The quantitative estimate of drug-likeness (QED) is 0.841. The maximum absolute atomic E-state index is 12.6. The van der Waals surface area contributed by atoms with Crippen LogP contribution in [0.4, 0.5) is 13.2 Å². The van der Waals surface area contributed by atoms with Gasteiger partial charge in [0.15, 0.2) is 0 Å². The molecule has 0 bridgehead atoms. The zero-order chi connectivity index (χ0) is 15.6. The first-order valence-corrected chi connectivity index (χ1v) is 6.45. The maximum atomic E-state index is 12.6. The normalized spacial score (nSPS) is 11.2. The molecule has 7 heteroatoms. The molecule has 110 valence electrons. The van der Waals surface area contributed by atoms with Gasteiger partial charge in [-0.25, -0.2) is 4.79 Å². The summed E-state index contributed by atoms with van der Waals surface area (Å²) in [6.07, 6.45) is -4.46. The van der Waals surface area contributed by atoms with Gasteiger partial charge in [0, 0.05) is 0 Å². The molecule has 0 heterocycles. The van der Waals surface area contributed by atoms with Gasteiger partial charge in [0.05, 0.1) is 10.0 Å². The molecule has 3 nitrogen and oxygen atoms in total. The third-order valence-corrected chi connectivity index (χ3v) is 3.22. The van der Waals surface area contributed by atoms with Gasteiger partial charge >= 0.3 is 12.1 Å². The van der Waals surface area contributed by atoms with E-state index in [-0.39, 0.29) is 21.5 Å². The molecule has 2 aromatic carbocycles. The fourth-order valence-electron chi connectivity index (χ4n) is 1.61.